The van der Waals surface area contributed by atoms with Crippen molar-refractivity contribution in [3.63, 3.8) is 0 Å². The van der Waals surface area contributed by atoms with Gasteiger partial charge in [0.25, 0.3) is 5.56 Å². The number of halogens is 4. The summed E-state index contributed by atoms with van der Waals surface area (Å²) in [4.78, 5) is 24.5. The topological polar surface area (TPSA) is 70.0 Å². The van der Waals surface area contributed by atoms with Crippen molar-refractivity contribution in [2.24, 2.45) is 0 Å². The summed E-state index contributed by atoms with van der Waals surface area (Å²) in [6, 6.07) is 4.76. The molecule has 0 bridgehead atoms. The van der Waals surface area contributed by atoms with Crippen molar-refractivity contribution < 1.29 is 13.2 Å². The van der Waals surface area contributed by atoms with Gasteiger partial charge in [0.1, 0.15) is 0 Å². The number of hydrogen-bond acceptors (Lipinski definition) is 5. The minimum atomic E-state index is -4.91. The summed E-state index contributed by atoms with van der Waals surface area (Å²) < 4.78 is 39.2. The average Bonchev–Trinajstić information content (AvgIpc) is 2.97. The van der Waals surface area contributed by atoms with E-state index >= 15 is 0 Å². The first-order valence-corrected chi connectivity index (χ1v) is 9.75. The van der Waals surface area contributed by atoms with E-state index in [0.29, 0.717) is 26.5 Å². The molecule has 1 saturated heterocycles. The second kappa shape index (κ2) is 6.90. The number of alkyl halides is 3. The van der Waals surface area contributed by atoms with Crippen LogP contribution in [0.4, 0.5) is 13.2 Å². The van der Waals surface area contributed by atoms with Crippen LogP contribution >= 0.6 is 35.1 Å². The first-order chi connectivity index (χ1) is 12.1. The summed E-state index contributed by atoms with van der Waals surface area (Å²) in [5.41, 5.74) is -3.07. The lowest BCUT2D eigenvalue weighted by atomic mass is 10.2. The predicted molar refractivity (Wildman–Crippen MR) is 98.7 cm³/mol. The molecule has 2 N–H and O–H groups in total. The zero-order valence-electron chi connectivity index (χ0n) is 13.3. The molecule has 1 aliphatic heterocycles. The Morgan fingerprint density at radius 2 is 1.96 bits per heavy atom. The first-order valence-electron chi connectivity index (χ1n) is 7.38. The highest BCUT2D eigenvalue weighted by molar-refractivity contribution is 8.19. The van der Waals surface area contributed by atoms with Crippen molar-refractivity contribution in [1.29, 1.82) is 0 Å². The van der Waals surface area contributed by atoms with E-state index in [4.69, 9.17) is 17.4 Å². The van der Waals surface area contributed by atoms with Gasteiger partial charge in [-0.25, -0.2) is 14.0 Å². The minimum absolute atomic E-state index is 0.0164. The van der Waals surface area contributed by atoms with Crippen molar-refractivity contribution >= 4 is 35.1 Å². The fourth-order valence-electron chi connectivity index (χ4n) is 2.54. The highest BCUT2D eigenvalue weighted by Crippen LogP contribution is 2.51. The third-order valence-electron chi connectivity index (χ3n) is 3.76. The van der Waals surface area contributed by atoms with E-state index in [0.717, 1.165) is 5.75 Å². The van der Waals surface area contributed by atoms with Crippen LogP contribution in [0.25, 0.3) is 5.69 Å². The van der Waals surface area contributed by atoms with E-state index in [1.54, 1.807) is 29.6 Å². The van der Waals surface area contributed by atoms with Crippen molar-refractivity contribution in [2.75, 3.05) is 11.6 Å². The van der Waals surface area contributed by atoms with Crippen molar-refractivity contribution in [1.82, 2.24) is 9.24 Å². The zero-order valence-corrected chi connectivity index (χ0v) is 15.7. The van der Waals surface area contributed by atoms with Crippen molar-refractivity contribution in [2.45, 2.75) is 22.9 Å². The normalized spacial score (nSPS) is 20.5. The van der Waals surface area contributed by atoms with Gasteiger partial charge in [0, 0.05) is 22.1 Å². The van der Waals surface area contributed by atoms with Gasteiger partial charge in [0.15, 0.2) is 5.69 Å². The number of hydrogen-bond donors (Lipinski definition) is 1. The Balaban J connectivity index is 2.15. The molecule has 3 rings (SSSR count). The number of aromatic nitrogens is 2. The SMILES string of the molecule is CC1CSC(c2cc(-n3c(=O)cc(C(F)(F)F)n(N)c3=O)ccc2Cl)S1. The van der Waals surface area contributed by atoms with Gasteiger partial charge in [0.05, 0.1) is 10.3 Å². The zero-order chi connectivity index (χ0) is 19.2. The van der Waals surface area contributed by atoms with Crippen LogP contribution in [-0.2, 0) is 6.18 Å². The number of nitrogen functional groups attached to an aromatic ring is 1. The maximum absolute atomic E-state index is 12.9. The number of thioether (sulfide) groups is 2. The number of benzene rings is 1. The van der Waals surface area contributed by atoms with E-state index in [1.165, 1.54) is 12.1 Å². The molecular weight excluding hydrogens is 411 g/mol. The molecule has 2 heterocycles. The largest absolute Gasteiger partial charge is 0.433 e. The third kappa shape index (κ3) is 3.49. The van der Waals surface area contributed by atoms with E-state index in [2.05, 4.69) is 6.92 Å². The molecule has 1 aliphatic rings. The van der Waals surface area contributed by atoms with Crippen LogP contribution in [0.2, 0.25) is 5.02 Å². The maximum Gasteiger partial charge on any atom is 0.433 e. The maximum atomic E-state index is 12.9. The van der Waals surface area contributed by atoms with Crippen LogP contribution < -0.4 is 17.1 Å². The summed E-state index contributed by atoms with van der Waals surface area (Å²) in [7, 11) is 0. The monoisotopic (exact) mass is 423 g/mol. The molecule has 0 radical (unpaired) electrons. The lowest BCUT2D eigenvalue weighted by Crippen LogP contribution is -2.45. The van der Waals surface area contributed by atoms with Gasteiger partial charge in [-0.2, -0.15) is 13.2 Å². The van der Waals surface area contributed by atoms with Crippen molar-refractivity contribution in [3.8, 4) is 5.69 Å². The second-order valence-electron chi connectivity index (χ2n) is 5.67. The van der Waals surface area contributed by atoms with Crippen LogP contribution in [0.5, 0.6) is 0 Å². The van der Waals surface area contributed by atoms with Crippen LogP contribution in [0.3, 0.4) is 0 Å². The number of nitrogens with two attached hydrogens (primary N) is 1. The summed E-state index contributed by atoms with van der Waals surface area (Å²) in [6.07, 6.45) is -4.91. The van der Waals surface area contributed by atoms with Gasteiger partial charge >= 0.3 is 11.9 Å². The van der Waals surface area contributed by atoms with Gasteiger partial charge in [-0.05, 0) is 23.8 Å². The van der Waals surface area contributed by atoms with Gasteiger partial charge in [-0.1, -0.05) is 18.5 Å². The predicted octanol–water partition coefficient (Wildman–Crippen LogP) is 3.25. The summed E-state index contributed by atoms with van der Waals surface area (Å²) in [5, 5.41) is 0.876. The Hall–Kier alpha value is -1.52. The van der Waals surface area contributed by atoms with E-state index in [-0.39, 0.29) is 14.9 Å². The van der Waals surface area contributed by atoms with Crippen LogP contribution in [0.15, 0.2) is 33.9 Å². The number of nitrogens with zero attached hydrogens (tertiary/aromatic N) is 2. The molecule has 0 amide bonds. The smallest absolute Gasteiger partial charge is 0.335 e. The second-order valence-corrected chi connectivity index (χ2v) is 9.06. The molecule has 0 spiro atoms. The number of rotatable bonds is 2. The molecule has 0 aliphatic carbocycles. The van der Waals surface area contributed by atoms with Crippen LogP contribution in [0.1, 0.15) is 22.8 Å². The Morgan fingerprint density at radius 1 is 1.27 bits per heavy atom. The highest BCUT2D eigenvalue weighted by Gasteiger charge is 2.36. The molecule has 1 aromatic carbocycles. The third-order valence-corrected chi connectivity index (χ3v) is 7.44. The Morgan fingerprint density at radius 3 is 2.54 bits per heavy atom. The molecule has 2 unspecified atom stereocenters. The molecule has 0 saturated carbocycles. The Bertz CT molecular complexity index is 974. The van der Waals surface area contributed by atoms with Crippen LogP contribution in [-0.4, -0.2) is 20.2 Å². The quantitative estimate of drug-likeness (QED) is 0.751. The van der Waals surface area contributed by atoms with Gasteiger partial charge < -0.3 is 5.84 Å². The standard InChI is InChI=1S/C15H13ClF3N3O2S2/c1-7-6-25-13(26-7)9-4-8(2-3-10(9)16)21-12(23)5-11(15(17,18)19)22(20)14(21)24/h2-5,7,13H,6,20H2,1H3. The molecule has 2 aromatic rings. The average molecular weight is 424 g/mol. The molecule has 140 valence electrons. The minimum Gasteiger partial charge on any atom is -0.335 e. The molecule has 2 atom stereocenters. The van der Waals surface area contributed by atoms with E-state index in [9.17, 15) is 22.8 Å². The fraction of sp³-hybridized carbons (Fsp3) is 0.333. The first kappa shape index (κ1) is 19.2. The summed E-state index contributed by atoms with van der Waals surface area (Å²) in [6.45, 7) is 2.07. The lowest BCUT2D eigenvalue weighted by molar-refractivity contribution is -0.143. The molecule has 1 fully saturated rings. The Labute approximate surface area is 159 Å². The lowest BCUT2D eigenvalue weighted by Gasteiger charge is -2.16. The molecule has 11 heteroatoms. The van der Waals surface area contributed by atoms with Gasteiger partial charge in [0.2, 0.25) is 0 Å². The highest BCUT2D eigenvalue weighted by atomic mass is 35.5. The molecule has 1 aromatic heterocycles. The summed E-state index contributed by atoms with van der Waals surface area (Å²) >= 11 is 9.60. The molecule has 5 nitrogen and oxygen atoms in total. The molecular formula is C15H13ClF3N3O2S2. The van der Waals surface area contributed by atoms with Gasteiger partial charge in [-0.15, -0.1) is 23.5 Å². The van der Waals surface area contributed by atoms with E-state index < -0.39 is 23.1 Å². The van der Waals surface area contributed by atoms with Gasteiger partial charge in [-0.3, -0.25) is 4.79 Å². The van der Waals surface area contributed by atoms with Crippen LogP contribution in [0, 0.1) is 0 Å². The Kier molecular flexibility index (Phi) is 5.11. The van der Waals surface area contributed by atoms with E-state index in [1.807, 2.05) is 0 Å². The fourth-order valence-corrected chi connectivity index (χ4v) is 6.15. The summed E-state index contributed by atoms with van der Waals surface area (Å²) in [5.74, 6) is 6.20. The molecule has 26 heavy (non-hydrogen) atoms. The van der Waals surface area contributed by atoms with Crippen molar-refractivity contribution in [3.05, 3.63) is 61.4 Å².